The van der Waals surface area contributed by atoms with Crippen molar-refractivity contribution in [2.75, 3.05) is 13.7 Å². The van der Waals surface area contributed by atoms with Gasteiger partial charge in [-0.3, -0.25) is 0 Å². The lowest BCUT2D eigenvalue weighted by Crippen LogP contribution is -2.20. The van der Waals surface area contributed by atoms with Crippen LogP contribution in [-0.4, -0.2) is 20.1 Å². The molecule has 1 aromatic carbocycles. The quantitative estimate of drug-likeness (QED) is 0.787. The number of para-hydroxylation sites is 1. The van der Waals surface area contributed by atoms with Crippen LogP contribution in [0.1, 0.15) is 5.56 Å². The van der Waals surface area contributed by atoms with E-state index in [0.717, 1.165) is 5.56 Å². The van der Waals surface area contributed by atoms with E-state index < -0.39 is 6.43 Å². The molecule has 0 spiro atoms. The molecule has 0 fully saturated rings. The molecule has 0 aliphatic carbocycles. The SMILES string of the molecule is COc1ccccc1CNCC(F)F. The lowest BCUT2D eigenvalue weighted by Gasteiger charge is -2.08. The highest BCUT2D eigenvalue weighted by Crippen LogP contribution is 2.16. The number of hydrogen-bond acceptors (Lipinski definition) is 2. The Morgan fingerprint density at radius 2 is 2.07 bits per heavy atom. The average Bonchev–Trinajstić information content (AvgIpc) is 2.18. The van der Waals surface area contributed by atoms with Gasteiger partial charge in [0.2, 0.25) is 0 Å². The van der Waals surface area contributed by atoms with Gasteiger partial charge in [-0.15, -0.1) is 0 Å². The molecule has 14 heavy (non-hydrogen) atoms. The lowest BCUT2D eigenvalue weighted by molar-refractivity contribution is 0.145. The molecule has 0 bridgehead atoms. The number of alkyl halides is 2. The number of nitrogens with one attached hydrogen (secondary N) is 1. The predicted octanol–water partition coefficient (Wildman–Crippen LogP) is 2.05. The zero-order valence-corrected chi connectivity index (χ0v) is 7.97. The molecule has 0 aliphatic rings. The van der Waals surface area contributed by atoms with Gasteiger partial charge >= 0.3 is 0 Å². The second-order valence-electron chi connectivity index (χ2n) is 2.83. The van der Waals surface area contributed by atoms with Crippen molar-refractivity contribution in [2.24, 2.45) is 0 Å². The zero-order chi connectivity index (χ0) is 10.4. The van der Waals surface area contributed by atoms with Gasteiger partial charge in [0.25, 0.3) is 6.43 Å². The van der Waals surface area contributed by atoms with Gasteiger partial charge in [0.05, 0.1) is 13.7 Å². The molecule has 1 rings (SSSR count). The summed E-state index contributed by atoms with van der Waals surface area (Å²) in [6.45, 7) is 0.104. The third kappa shape index (κ3) is 3.30. The van der Waals surface area contributed by atoms with Crippen LogP contribution in [0.25, 0.3) is 0 Å². The van der Waals surface area contributed by atoms with E-state index >= 15 is 0 Å². The molecule has 0 heterocycles. The number of halogens is 2. The Morgan fingerprint density at radius 1 is 1.36 bits per heavy atom. The average molecular weight is 201 g/mol. The van der Waals surface area contributed by atoms with Crippen molar-refractivity contribution in [1.29, 1.82) is 0 Å². The highest BCUT2D eigenvalue weighted by molar-refractivity contribution is 5.32. The maximum absolute atomic E-state index is 11.8. The molecule has 4 heteroatoms. The van der Waals surface area contributed by atoms with Crippen molar-refractivity contribution in [3.8, 4) is 5.75 Å². The highest BCUT2D eigenvalue weighted by Gasteiger charge is 2.03. The molecule has 0 aromatic heterocycles. The summed E-state index contributed by atoms with van der Waals surface area (Å²) in [6, 6.07) is 7.34. The first kappa shape index (κ1) is 10.9. The van der Waals surface area contributed by atoms with Crippen LogP contribution in [0.2, 0.25) is 0 Å². The molecule has 1 N–H and O–H groups in total. The van der Waals surface area contributed by atoms with Crippen molar-refractivity contribution in [3.63, 3.8) is 0 Å². The van der Waals surface area contributed by atoms with Gasteiger partial charge < -0.3 is 10.1 Å². The minimum absolute atomic E-state index is 0.294. The summed E-state index contributed by atoms with van der Waals surface area (Å²) in [5.74, 6) is 0.717. The first-order valence-corrected chi connectivity index (χ1v) is 4.35. The van der Waals surface area contributed by atoms with Gasteiger partial charge in [-0.05, 0) is 6.07 Å². The molecule has 0 amide bonds. The van der Waals surface area contributed by atoms with Crippen molar-refractivity contribution in [2.45, 2.75) is 13.0 Å². The summed E-state index contributed by atoms with van der Waals surface area (Å²) in [7, 11) is 1.56. The zero-order valence-electron chi connectivity index (χ0n) is 7.97. The first-order chi connectivity index (χ1) is 6.74. The van der Waals surface area contributed by atoms with E-state index in [4.69, 9.17) is 4.74 Å². The molecular weight excluding hydrogens is 188 g/mol. The normalized spacial score (nSPS) is 10.6. The minimum Gasteiger partial charge on any atom is -0.496 e. The Bertz CT molecular complexity index is 279. The van der Waals surface area contributed by atoms with Gasteiger partial charge in [-0.25, -0.2) is 8.78 Å². The Morgan fingerprint density at radius 3 is 2.71 bits per heavy atom. The molecule has 1 aromatic rings. The van der Waals surface area contributed by atoms with Gasteiger partial charge in [0.1, 0.15) is 5.75 Å². The highest BCUT2D eigenvalue weighted by atomic mass is 19.3. The number of ether oxygens (including phenoxy) is 1. The summed E-state index contributed by atoms with van der Waals surface area (Å²) < 4.78 is 28.7. The van der Waals surface area contributed by atoms with Crippen LogP contribution in [0.5, 0.6) is 5.75 Å². The largest absolute Gasteiger partial charge is 0.496 e. The second kappa shape index (κ2) is 5.54. The van der Waals surface area contributed by atoms with Crippen LogP contribution in [0.3, 0.4) is 0 Å². The molecule has 0 unspecified atom stereocenters. The van der Waals surface area contributed by atoms with Crippen LogP contribution >= 0.6 is 0 Å². The summed E-state index contributed by atoms with van der Waals surface area (Å²) in [6.07, 6.45) is -2.32. The monoisotopic (exact) mass is 201 g/mol. The van der Waals surface area contributed by atoms with Crippen molar-refractivity contribution in [3.05, 3.63) is 29.8 Å². The number of rotatable bonds is 5. The summed E-state index contributed by atoms with van der Waals surface area (Å²) in [4.78, 5) is 0. The van der Waals surface area contributed by atoms with E-state index in [-0.39, 0.29) is 6.54 Å². The lowest BCUT2D eigenvalue weighted by atomic mass is 10.2. The van der Waals surface area contributed by atoms with Crippen LogP contribution in [0.15, 0.2) is 24.3 Å². The fourth-order valence-electron chi connectivity index (χ4n) is 1.16. The summed E-state index contributed by atoms with van der Waals surface area (Å²) >= 11 is 0. The second-order valence-corrected chi connectivity index (χ2v) is 2.83. The van der Waals surface area contributed by atoms with E-state index in [2.05, 4.69) is 5.32 Å². The summed E-state index contributed by atoms with van der Waals surface area (Å²) in [5, 5.41) is 2.65. The Kier molecular flexibility index (Phi) is 4.32. The van der Waals surface area contributed by atoms with E-state index in [1.165, 1.54) is 0 Å². The Hall–Kier alpha value is -1.16. The molecule has 0 saturated heterocycles. The maximum atomic E-state index is 11.8. The molecular formula is C10H13F2NO. The van der Waals surface area contributed by atoms with E-state index in [1.807, 2.05) is 18.2 Å². The fourth-order valence-corrected chi connectivity index (χ4v) is 1.16. The molecule has 0 atom stereocenters. The molecule has 0 saturated carbocycles. The molecule has 2 nitrogen and oxygen atoms in total. The topological polar surface area (TPSA) is 21.3 Å². The molecule has 0 radical (unpaired) electrons. The van der Waals surface area contributed by atoms with E-state index in [9.17, 15) is 8.78 Å². The van der Waals surface area contributed by atoms with E-state index in [1.54, 1.807) is 13.2 Å². The van der Waals surface area contributed by atoms with Crippen molar-refractivity contribution in [1.82, 2.24) is 5.32 Å². The Balaban J connectivity index is 2.49. The first-order valence-electron chi connectivity index (χ1n) is 4.35. The van der Waals surface area contributed by atoms with Crippen LogP contribution in [0.4, 0.5) is 8.78 Å². The third-order valence-electron chi connectivity index (χ3n) is 1.81. The molecule has 78 valence electrons. The van der Waals surface area contributed by atoms with Crippen LogP contribution in [-0.2, 0) is 6.54 Å². The van der Waals surface area contributed by atoms with Gasteiger partial charge in [-0.2, -0.15) is 0 Å². The van der Waals surface area contributed by atoms with Crippen LogP contribution in [0, 0.1) is 0 Å². The van der Waals surface area contributed by atoms with Crippen molar-refractivity contribution >= 4 is 0 Å². The van der Waals surface area contributed by atoms with Crippen LogP contribution < -0.4 is 10.1 Å². The van der Waals surface area contributed by atoms with Gasteiger partial charge in [0.15, 0.2) is 0 Å². The van der Waals surface area contributed by atoms with Gasteiger partial charge in [0, 0.05) is 12.1 Å². The third-order valence-corrected chi connectivity index (χ3v) is 1.81. The minimum atomic E-state index is -2.32. The molecule has 0 aliphatic heterocycles. The summed E-state index contributed by atoms with van der Waals surface area (Å²) in [5.41, 5.74) is 0.885. The van der Waals surface area contributed by atoms with E-state index in [0.29, 0.717) is 12.3 Å². The number of methoxy groups -OCH3 is 1. The number of hydrogen-bond donors (Lipinski definition) is 1. The smallest absolute Gasteiger partial charge is 0.250 e. The predicted molar refractivity (Wildman–Crippen MR) is 50.7 cm³/mol. The fraction of sp³-hybridized carbons (Fsp3) is 0.400. The Labute approximate surface area is 81.9 Å². The van der Waals surface area contributed by atoms with Gasteiger partial charge in [-0.1, -0.05) is 18.2 Å². The van der Waals surface area contributed by atoms with Crippen molar-refractivity contribution < 1.29 is 13.5 Å². The maximum Gasteiger partial charge on any atom is 0.250 e. The number of benzene rings is 1. The standard InChI is InChI=1S/C10H13F2NO/c1-14-9-5-3-2-4-8(9)6-13-7-10(11)12/h2-5,10,13H,6-7H2,1H3.